The van der Waals surface area contributed by atoms with Gasteiger partial charge in [0.25, 0.3) is 0 Å². The van der Waals surface area contributed by atoms with E-state index in [1.807, 2.05) is 6.07 Å². The van der Waals surface area contributed by atoms with E-state index in [1.54, 1.807) is 0 Å². The van der Waals surface area contributed by atoms with Crippen LogP contribution in [0.4, 0.5) is 0 Å². The summed E-state index contributed by atoms with van der Waals surface area (Å²) in [7, 11) is 0. The molecular formula is C12H12N2. The molecule has 1 aliphatic heterocycles. The fourth-order valence-electron chi connectivity index (χ4n) is 2.23. The van der Waals surface area contributed by atoms with E-state index in [9.17, 15) is 0 Å². The summed E-state index contributed by atoms with van der Waals surface area (Å²) < 4.78 is 2.25. The van der Waals surface area contributed by atoms with Gasteiger partial charge in [-0.25, -0.2) is 4.98 Å². The van der Waals surface area contributed by atoms with Gasteiger partial charge in [0.05, 0.1) is 11.0 Å². The lowest BCUT2D eigenvalue weighted by Gasteiger charge is -2.00. The Kier molecular flexibility index (Phi) is 1.38. The Morgan fingerprint density at radius 3 is 2.93 bits per heavy atom. The third-order valence-electron chi connectivity index (χ3n) is 2.84. The summed E-state index contributed by atoms with van der Waals surface area (Å²) in [5.41, 5.74) is 3.61. The van der Waals surface area contributed by atoms with Crippen LogP contribution in [0.15, 0.2) is 30.3 Å². The molecule has 0 unspecified atom stereocenters. The number of rotatable bonds is 0. The monoisotopic (exact) mass is 184 g/mol. The van der Waals surface area contributed by atoms with Gasteiger partial charge in [-0.3, -0.25) is 0 Å². The molecule has 70 valence electrons. The minimum Gasteiger partial charge on any atom is -0.300 e. The van der Waals surface area contributed by atoms with Gasteiger partial charge in [0, 0.05) is 11.6 Å². The average molecular weight is 184 g/mol. The lowest BCUT2D eigenvalue weighted by Crippen LogP contribution is -1.93. The molecule has 0 fully saturated rings. The van der Waals surface area contributed by atoms with E-state index >= 15 is 0 Å². The smallest absolute Gasteiger partial charge is 0.120 e. The number of hydrogen-bond donors (Lipinski definition) is 0. The highest BCUT2D eigenvalue weighted by atomic mass is 15.1. The van der Waals surface area contributed by atoms with Crippen LogP contribution in [-0.4, -0.2) is 9.55 Å². The molecule has 1 aromatic heterocycles. The van der Waals surface area contributed by atoms with E-state index < -0.39 is 0 Å². The molecule has 0 spiro atoms. The number of hydrogen-bond acceptors (Lipinski definition) is 1. The van der Waals surface area contributed by atoms with E-state index in [4.69, 9.17) is 0 Å². The van der Waals surface area contributed by atoms with Gasteiger partial charge in [-0.1, -0.05) is 25.1 Å². The maximum Gasteiger partial charge on any atom is 0.120 e. The number of benzene rings is 1. The molecule has 0 radical (unpaired) electrons. The number of aromatic nitrogens is 2. The van der Waals surface area contributed by atoms with Crippen molar-refractivity contribution < 1.29 is 0 Å². The second-order valence-electron chi connectivity index (χ2n) is 3.89. The van der Waals surface area contributed by atoms with Crippen LogP contribution < -0.4 is 0 Å². The number of nitrogens with zero attached hydrogens (tertiary/aromatic N) is 2. The van der Waals surface area contributed by atoms with Crippen molar-refractivity contribution in [3.8, 4) is 0 Å². The lowest BCUT2D eigenvalue weighted by molar-refractivity contribution is 0.879. The van der Waals surface area contributed by atoms with Crippen molar-refractivity contribution in [1.29, 1.82) is 0 Å². The fourth-order valence-corrected chi connectivity index (χ4v) is 2.23. The third-order valence-corrected chi connectivity index (χ3v) is 2.84. The lowest BCUT2D eigenvalue weighted by atomic mass is 10.2. The highest BCUT2D eigenvalue weighted by molar-refractivity contribution is 5.81. The highest BCUT2D eigenvalue weighted by Crippen LogP contribution is 2.32. The predicted octanol–water partition coefficient (Wildman–Crippen LogP) is 3.01. The molecule has 1 aliphatic rings. The van der Waals surface area contributed by atoms with Crippen molar-refractivity contribution in [2.75, 3.05) is 0 Å². The molecule has 0 N–H and O–H groups in total. The molecule has 0 saturated heterocycles. The summed E-state index contributed by atoms with van der Waals surface area (Å²) in [6.07, 6.45) is 2.26. The predicted molar refractivity (Wildman–Crippen MR) is 58.1 cm³/mol. The summed E-state index contributed by atoms with van der Waals surface area (Å²) in [5.74, 6) is 1.62. The van der Waals surface area contributed by atoms with Crippen molar-refractivity contribution in [3.63, 3.8) is 0 Å². The third kappa shape index (κ3) is 0.830. The van der Waals surface area contributed by atoms with E-state index in [0.717, 1.165) is 5.52 Å². The van der Waals surface area contributed by atoms with Crippen LogP contribution >= 0.6 is 0 Å². The Hall–Kier alpha value is -1.57. The van der Waals surface area contributed by atoms with Gasteiger partial charge < -0.3 is 4.57 Å². The zero-order chi connectivity index (χ0) is 9.71. The molecule has 3 rings (SSSR count). The Morgan fingerprint density at radius 1 is 1.29 bits per heavy atom. The van der Waals surface area contributed by atoms with Gasteiger partial charge in [-0.2, -0.15) is 0 Å². The molecule has 0 amide bonds. The molecule has 1 aromatic carbocycles. The molecule has 0 saturated carbocycles. The summed E-state index contributed by atoms with van der Waals surface area (Å²) >= 11 is 0. The minimum absolute atomic E-state index is 0.447. The first-order valence-electron chi connectivity index (χ1n) is 4.93. The summed E-state index contributed by atoms with van der Waals surface area (Å²) in [5, 5.41) is 0. The van der Waals surface area contributed by atoms with E-state index in [0.29, 0.717) is 5.92 Å². The number of para-hydroxylation sites is 2. The quantitative estimate of drug-likeness (QED) is 0.615. The van der Waals surface area contributed by atoms with Crippen LogP contribution in [0.5, 0.6) is 0 Å². The fraction of sp³-hybridized carbons (Fsp3) is 0.250. The van der Waals surface area contributed by atoms with Crippen molar-refractivity contribution >= 4 is 16.7 Å². The second-order valence-corrected chi connectivity index (χ2v) is 3.89. The molecule has 2 heterocycles. The van der Waals surface area contributed by atoms with Crippen LogP contribution in [0.3, 0.4) is 0 Å². The molecule has 0 aliphatic carbocycles. The normalized spacial score (nSPS) is 19.9. The molecule has 2 nitrogen and oxygen atoms in total. The number of imidazole rings is 1. The molecule has 2 heteroatoms. The summed E-state index contributed by atoms with van der Waals surface area (Å²) in [6, 6.07) is 8.30. The first kappa shape index (κ1) is 7.80. The van der Waals surface area contributed by atoms with Gasteiger partial charge >= 0.3 is 0 Å². The SMILES string of the molecule is CC1=C[C@@H](C)c2nc3ccccc3n21. The maximum absolute atomic E-state index is 4.64. The molecule has 1 atom stereocenters. The Morgan fingerprint density at radius 2 is 2.07 bits per heavy atom. The van der Waals surface area contributed by atoms with Crippen LogP contribution in [-0.2, 0) is 0 Å². The van der Waals surface area contributed by atoms with Gasteiger partial charge in [0.15, 0.2) is 0 Å². The van der Waals surface area contributed by atoms with Crippen LogP contribution in [0, 0.1) is 0 Å². The average Bonchev–Trinajstić information content (AvgIpc) is 2.66. The second kappa shape index (κ2) is 2.47. The summed E-state index contributed by atoms with van der Waals surface area (Å²) in [4.78, 5) is 4.64. The van der Waals surface area contributed by atoms with Gasteiger partial charge in [-0.05, 0) is 19.1 Å². The first-order valence-corrected chi connectivity index (χ1v) is 4.93. The summed E-state index contributed by atoms with van der Waals surface area (Å²) in [6.45, 7) is 4.33. The van der Waals surface area contributed by atoms with Crippen molar-refractivity contribution in [2.24, 2.45) is 0 Å². The first-order chi connectivity index (χ1) is 6.77. The Balaban J connectivity index is 2.44. The zero-order valence-corrected chi connectivity index (χ0v) is 8.36. The molecular weight excluding hydrogens is 172 g/mol. The Labute approximate surface area is 82.9 Å². The van der Waals surface area contributed by atoms with E-state index in [2.05, 4.69) is 47.7 Å². The van der Waals surface area contributed by atoms with Crippen molar-refractivity contribution in [1.82, 2.24) is 9.55 Å². The van der Waals surface area contributed by atoms with Crippen LogP contribution in [0.1, 0.15) is 25.6 Å². The Bertz CT molecular complexity index is 534. The van der Waals surface area contributed by atoms with Crippen LogP contribution in [0.2, 0.25) is 0 Å². The molecule has 0 bridgehead atoms. The standard InChI is InChI=1S/C12H12N2/c1-8-7-9(2)14-11-6-4-3-5-10(11)13-12(8)14/h3-8H,1-2H3/t8-/m1/s1. The zero-order valence-electron chi connectivity index (χ0n) is 8.36. The minimum atomic E-state index is 0.447. The van der Waals surface area contributed by atoms with Crippen molar-refractivity contribution in [3.05, 3.63) is 36.2 Å². The van der Waals surface area contributed by atoms with E-state index in [-0.39, 0.29) is 0 Å². The highest BCUT2D eigenvalue weighted by Gasteiger charge is 2.21. The largest absolute Gasteiger partial charge is 0.300 e. The number of allylic oxidation sites excluding steroid dienone is 2. The van der Waals surface area contributed by atoms with Crippen LogP contribution in [0.25, 0.3) is 16.7 Å². The maximum atomic E-state index is 4.64. The van der Waals surface area contributed by atoms with Crippen molar-refractivity contribution in [2.45, 2.75) is 19.8 Å². The van der Waals surface area contributed by atoms with E-state index in [1.165, 1.54) is 17.0 Å². The number of fused-ring (bicyclic) bond motifs is 3. The van der Waals surface area contributed by atoms with Gasteiger partial charge in [-0.15, -0.1) is 0 Å². The topological polar surface area (TPSA) is 17.8 Å². The van der Waals surface area contributed by atoms with Gasteiger partial charge in [0.2, 0.25) is 0 Å². The molecule has 14 heavy (non-hydrogen) atoms. The van der Waals surface area contributed by atoms with Gasteiger partial charge in [0.1, 0.15) is 5.82 Å². The molecule has 2 aromatic rings.